The molecule has 0 unspecified atom stereocenters. The van der Waals surface area contributed by atoms with E-state index in [-0.39, 0.29) is 5.82 Å². The number of nitrogens with zero attached hydrogens (tertiary/aromatic N) is 2. The van der Waals surface area contributed by atoms with Crippen LogP contribution in [0, 0.1) is 5.82 Å². The van der Waals surface area contributed by atoms with Gasteiger partial charge in [-0.2, -0.15) is 4.98 Å². The molecule has 0 amide bonds. The summed E-state index contributed by atoms with van der Waals surface area (Å²) in [6.45, 7) is 1.25. The fraction of sp³-hybridized carbons (Fsp3) is 0.111. The molecule has 0 atom stereocenters. The lowest BCUT2D eigenvalue weighted by molar-refractivity contribution is 0.627. The number of hydrogen-bond acceptors (Lipinski definition) is 4. The molecule has 1 aromatic heterocycles. The molecule has 0 aliphatic heterocycles. The highest BCUT2D eigenvalue weighted by Gasteiger charge is 2.00. The van der Waals surface area contributed by atoms with E-state index in [4.69, 9.17) is 0 Å². The zero-order valence-corrected chi connectivity index (χ0v) is 12.5. The van der Waals surface area contributed by atoms with Crippen molar-refractivity contribution in [3.05, 3.63) is 83.8 Å². The molecule has 3 aromatic rings. The SMILES string of the molecule is Fc1ccc(CNc2ccnc(NCc3ccccc3)n2)cc1. The first-order valence-corrected chi connectivity index (χ1v) is 7.39. The predicted molar refractivity (Wildman–Crippen MR) is 89.5 cm³/mol. The topological polar surface area (TPSA) is 49.8 Å². The van der Waals surface area contributed by atoms with E-state index >= 15 is 0 Å². The summed E-state index contributed by atoms with van der Waals surface area (Å²) < 4.78 is 12.9. The Kier molecular flexibility index (Phi) is 4.79. The summed E-state index contributed by atoms with van der Waals surface area (Å²) in [6, 6.07) is 18.3. The van der Waals surface area contributed by atoms with E-state index in [9.17, 15) is 4.39 Å². The van der Waals surface area contributed by atoms with E-state index in [2.05, 4.69) is 20.6 Å². The van der Waals surface area contributed by atoms with Crippen LogP contribution in [0.1, 0.15) is 11.1 Å². The zero-order chi connectivity index (χ0) is 15.9. The molecule has 0 radical (unpaired) electrons. The first kappa shape index (κ1) is 15.0. The van der Waals surface area contributed by atoms with Crippen LogP contribution in [-0.4, -0.2) is 9.97 Å². The summed E-state index contributed by atoms with van der Waals surface area (Å²) in [7, 11) is 0. The van der Waals surface area contributed by atoms with Crippen molar-refractivity contribution in [1.82, 2.24) is 9.97 Å². The van der Waals surface area contributed by atoms with Crippen molar-refractivity contribution in [3.63, 3.8) is 0 Å². The number of benzene rings is 2. The van der Waals surface area contributed by atoms with Crippen LogP contribution in [0.4, 0.5) is 16.2 Å². The second-order valence-electron chi connectivity index (χ2n) is 5.08. The van der Waals surface area contributed by atoms with Crippen molar-refractivity contribution in [1.29, 1.82) is 0 Å². The van der Waals surface area contributed by atoms with E-state index < -0.39 is 0 Å². The van der Waals surface area contributed by atoms with Gasteiger partial charge in [-0.3, -0.25) is 0 Å². The maximum Gasteiger partial charge on any atom is 0.224 e. The molecule has 0 aliphatic rings. The van der Waals surface area contributed by atoms with Gasteiger partial charge in [0.25, 0.3) is 0 Å². The molecule has 3 rings (SSSR count). The molecule has 0 fully saturated rings. The van der Waals surface area contributed by atoms with Crippen LogP contribution < -0.4 is 10.6 Å². The second kappa shape index (κ2) is 7.35. The normalized spacial score (nSPS) is 10.3. The Bertz CT molecular complexity index is 744. The van der Waals surface area contributed by atoms with Crippen LogP contribution in [0.15, 0.2) is 66.9 Å². The van der Waals surface area contributed by atoms with Crippen LogP contribution in [0.2, 0.25) is 0 Å². The van der Waals surface area contributed by atoms with Gasteiger partial charge < -0.3 is 10.6 Å². The smallest absolute Gasteiger partial charge is 0.224 e. The van der Waals surface area contributed by atoms with Gasteiger partial charge in [0, 0.05) is 19.3 Å². The standard InChI is InChI=1S/C18H17FN4/c19-16-8-6-15(7-9-16)12-21-17-10-11-20-18(23-17)22-13-14-4-2-1-3-5-14/h1-11H,12-13H2,(H2,20,21,22,23). The third kappa shape index (κ3) is 4.51. The average Bonchev–Trinajstić information content (AvgIpc) is 2.61. The molecule has 0 spiro atoms. The van der Waals surface area contributed by atoms with Crippen molar-refractivity contribution < 1.29 is 4.39 Å². The number of hydrogen-bond donors (Lipinski definition) is 2. The van der Waals surface area contributed by atoms with E-state index in [0.29, 0.717) is 19.0 Å². The maximum atomic E-state index is 12.9. The van der Waals surface area contributed by atoms with Gasteiger partial charge in [-0.25, -0.2) is 9.37 Å². The van der Waals surface area contributed by atoms with Gasteiger partial charge in [0.15, 0.2) is 0 Å². The molecule has 0 saturated heterocycles. The molecule has 116 valence electrons. The minimum atomic E-state index is -0.233. The number of anilines is 2. The Morgan fingerprint density at radius 3 is 2.26 bits per heavy atom. The molecule has 0 bridgehead atoms. The van der Waals surface area contributed by atoms with Gasteiger partial charge in [-0.05, 0) is 29.3 Å². The van der Waals surface area contributed by atoms with Crippen molar-refractivity contribution in [2.24, 2.45) is 0 Å². The molecule has 2 N–H and O–H groups in total. The Balaban J connectivity index is 1.57. The summed E-state index contributed by atoms with van der Waals surface area (Å²) in [5.74, 6) is 1.06. The summed E-state index contributed by atoms with van der Waals surface area (Å²) in [5, 5.41) is 6.40. The van der Waals surface area contributed by atoms with Crippen LogP contribution in [0.25, 0.3) is 0 Å². The van der Waals surface area contributed by atoms with Crippen LogP contribution >= 0.6 is 0 Å². The fourth-order valence-electron chi connectivity index (χ4n) is 2.11. The summed E-state index contributed by atoms with van der Waals surface area (Å²) in [4.78, 5) is 8.62. The highest BCUT2D eigenvalue weighted by Crippen LogP contribution is 2.10. The first-order valence-electron chi connectivity index (χ1n) is 7.39. The van der Waals surface area contributed by atoms with Gasteiger partial charge in [-0.15, -0.1) is 0 Å². The van der Waals surface area contributed by atoms with Gasteiger partial charge in [0.1, 0.15) is 11.6 Å². The number of nitrogens with one attached hydrogen (secondary N) is 2. The number of halogens is 1. The zero-order valence-electron chi connectivity index (χ0n) is 12.5. The molecule has 2 aromatic carbocycles. The first-order chi connectivity index (χ1) is 11.3. The average molecular weight is 308 g/mol. The van der Waals surface area contributed by atoms with Crippen LogP contribution in [0.5, 0.6) is 0 Å². The van der Waals surface area contributed by atoms with Gasteiger partial charge in [0.2, 0.25) is 5.95 Å². The molecule has 4 nitrogen and oxygen atoms in total. The Labute approximate surface area is 134 Å². The van der Waals surface area contributed by atoms with E-state index in [0.717, 1.165) is 11.4 Å². The predicted octanol–water partition coefficient (Wildman–Crippen LogP) is 3.84. The third-order valence-corrected chi connectivity index (χ3v) is 3.34. The quantitative estimate of drug-likeness (QED) is 0.726. The molecule has 5 heteroatoms. The lowest BCUT2D eigenvalue weighted by Gasteiger charge is -2.08. The highest BCUT2D eigenvalue weighted by molar-refractivity contribution is 5.40. The largest absolute Gasteiger partial charge is 0.366 e. The second-order valence-corrected chi connectivity index (χ2v) is 5.08. The Morgan fingerprint density at radius 2 is 1.48 bits per heavy atom. The van der Waals surface area contributed by atoms with Gasteiger partial charge in [-0.1, -0.05) is 42.5 Å². The number of rotatable bonds is 6. The van der Waals surface area contributed by atoms with E-state index in [1.54, 1.807) is 24.4 Å². The van der Waals surface area contributed by atoms with Crippen LogP contribution in [-0.2, 0) is 13.1 Å². The van der Waals surface area contributed by atoms with Crippen molar-refractivity contribution in [2.75, 3.05) is 10.6 Å². The fourth-order valence-corrected chi connectivity index (χ4v) is 2.11. The molecule has 1 heterocycles. The molecular formula is C18H17FN4. The summed E-state index contributed by atoms with van der Waals surface area (Å²) >= 11 is 0. The maximum absolute atomic E-state index is 12.9. The van der Waals surface area contributed by atoms with E-state index in [1.807, 2.05) is 30.3 Å². The van der Waals surface area contributed by atoms with Crippen LogP contribution in [0.3, 0.4) is 0 Å². The lowest BCUT2D eigenvalue weighted by atomic mass is 10.2. The van der Waals surface area contributed by atoms with Gasteiger partial charge in [0.05, 0.1) is 0 Å². The third-order valence-electron chi connectivity index (χ3n) is 3.34. The lowest BCUT2D eigenvalue weighted by Crippen LogP contribution is -2.06. The monoisotopic (exact) mass is 308 g/mol. The van der Waals surface area contributed by atoms with Crippen molar-refractivity contribution >= 4 is 11.8 Å². The van der Waals surface area contributed by atoms with E-state index in [1.165, 1.54) is 17.7 Å². The highest BCUT2D eigenvalue weighted by atomic mass is 19.1. The Hall–Kier alpha value is -2.95. The molecular weight excluding hydrogens is 291 g/mol. The van der Waals surface area contributed by atoms with Crippen molar-refractivity contribution in [3.8, 4) is 0 Å². The minimum absolute atomic E-state index is 0.233. The summed E-state index contributed by atoms with van der Waals surface area (Å²) in [5.41, 5.74) is 2.16. The Morgan fingerprint density at radius 1 is 0.783 bits per heavy atom. The molecule has 0 aliphatic carbocycles. The van der Waals surface area contributed by atoms with Crippen molar-refractivity contribution in [2.45, 2.75) is 13.1 Å². The van der Waals surface area contributed by atoms with Gasteiger partial charge >= 0.3 is 0 Å². The summed E-state index contributed by atoms with van der Waals surface area (Å²) in [6.07, 6.45) is 1.70. The molecule has 23 heavy (non-hydrogen) atoms. The number of aromatic nitrogens is 2. The minimum Gasteiger partial charge on any atom is -0.366 e. The molecule has 0 saturated carbocycles.